The van der Waals surface area contributed by atoms with Gasteiger partial charge >= 0.3 is 0 Å². The minimum absolute atomic E-state index is 0. The minimum atomic E-state index is 0. The highest BCUT2D eigenvalue weighted by molar-refractivity contribution is 5.86. The number of likely N-dealkylation sites (tertiary alicyclic amines) is 1. The van der Waals surface area contributed by atoms with Gasteiger partial charge in [-0.15, -0.1) is 37.2 Å². The van der Waals surface area contributed by atoms with Crippen LogP contribution in [0.2, 0.25) is 0 Å². The van der Waals surface area contributed by atoms with Crippen LogP contribution in [0.4, 0.5) is 5.69 Å². The highest BCUT2D eigenvalue weighted by atomic mass is 35.5. The molecular formula is C19H31Cl3N4O. The Morgan fingerprint density at radius 3 is 2.15 bits per heavy atom. The van der Waals surface area contributed by atoms with Gasteiger partial charge in [-0.25, -0.2) is 0 Å². The molecule has 1 aromatic carbocycles. The number of amides is 1. The number of nitrogens with one attached hydrogen (secondary N) is 1. The summed E-state index contributed by atoms with van der Waals surface area (Å²) in [5.74, 6) is 0.331. The van der Waals surface area contributed by atoms with Gasteiger partial charge in [0.1, 0.15) is 0 Å². The van der Waals surface area contributed by atoms with Gasteiger partial charge < -0.3 is 15.1 Å². The summed E-state index contributed by atoms with van der Waals surface area (Å²) in [5, 5.41) is 3.48. The lowest BCUT2D eigenvalue weighted by Gasteiger charge is -2.39. The first-order valence-electron chi connectivity index (χ1n) is 9.37. The normalized spacial score (nSPS) is 25.3. The van der Waals surface area contributed by atoms with Crippen LogP contribution in [-0.2, 0) is 4.79 Å². The Kier molecular flexibility index (Phi) is 10.2. The molecule has 1 aromatic rings. The maximum absolute atomic E-state index is 12.5. The quantitative estimate of drug-likeness (QED) is 0.788. The smallest absolute Gasteiger partial charge is 0.239 e. The highest BCUT2D eigenvalue weighted by Gasteiger charge is 2.36. The Bertz CT molecular complexity index is 563. The summed E-state index contributed by atoms with van der Waals surface area (Å²) in [6.45, 7) is 7.19. The number of para-hydroxylation sites is 1. The molecule has 3 fully saturated rings. The van der Waals surface area contributed by atoms with Crippen molar-refractivity contribution in [3.05, 3.63) is 30.3 Å². The Morgan fingerprint density at radius 1 is 0.889 bits per heavy atom. The Hall–Kier alpha value is -0.720. The monoisotopic (exact) mass is 436 g/mol. The molecule has 0 unspecified atom stereocenters. The van der Waals surface area contributed by atoms with Gasteiger partial charge in [-0.2, -0.15) is 0 Å². The SMILES string of the molecule is Cl.Cl.Cl.O=C([C@@H]1C[C@H](N2CCN(c3ccccc3)CC2)CN1)N1CCCC1. The van der Waals surface area contributed by atoms with E-state index < -0.39 is 0 Å². The van der Waals surface area contributed by atoms with E-state index in [1.165, 1.54) is 18.5 Å². The number of carbonyl (C=O) groups excluding carboxylic acids is 1. The van der Waals surface area contributed by atoms with Gasteiger partial charge in [0, 0.05) is 57.5 Å². The molecule has 3 saturated heterocycles. The van der Waals surface area contributed by atoms with Gasteiger partial charge in [0.15, 0.2) is 0 Å². The van der Waals surface area contributed by atoms with Crippen LogP contribution in [0.3, 0.4) is 0 Å². The van der Waals surface area contributed by atoms with E-state index in [-0.39, 0.29) is 43.3 Å². The van der Waals surface area contributed by atoms with Crippen molar-refractivity contribution in [2.45, 2.75) is 31.3 Å². The van der Waals surface area contributed by atoms with E-state index in [4.69, 9.17) is 0 Å². The summed E-state index contributed by atoms with van der Waals surface area (Å²) in [4.78, 5) is 19.6. The van der Waals surface area contributed by atoms with Gasteiger partial charge in [0.05, 0.1) is 6.04 Å². The van der Waals surface area contributed by atoms with Crippen molar-refractivity contribution in [1.82, 2.24) is 15.1 Å². The molecule has 0 aliphatic carbocycles. The van der Waals surface area contributed by atoms with E-state index in [0.717, 1.165) is 52.2 Å². The topological polar surface area (TPSA) is 38.8 Å². The molecule has 0 saturated carbocycles. The van der Waals surface area contributed by atoms with Crippen molar-refractivity contribution in [2.75, 3.05) is 50.7 Å². The first kappa shape index (κ1) is 24.3. The van der Waals surface area contributed by atoms with Gasteiger partial charge in [-0.3, -0.25) is 9.69 Å². The summed E-state index contributed by atoms with van der Waals surface area (Å²) in [6, 6.07) is 11.2. The minimum Gasteiger partial charge on any atom is -0.369 e. The summed E-state index contributed by atoms with van der Waals surface area (Å²) in [7, 11) is 0. The lowest BCUT2D eigenvalue weighted by atomic mass is 10.1. The van der Waals surface area contributed by atoms with Gasteiger partial charge in [-0.1, -0.05) is 18.2 Å². The number of rotatable bonds is 3. The zero-order valence-corrected chi connectivity index (χ0v) is 18.0. The molecule has 27 heavy (non-hydrogen) atoms. The van der Waals surface area contributed by atoms with Crippen LogP contribution in [0, 0.1) is 0 Å². The summed E-state index contributed by atoms with van der Waals surface area (Å²) >= 11 is 0. The average molecular weight is 438 g/mol. The fourth-order valence-corrected chi connectivity index (χ4v) is 4.33. The lowest BCUT2D eigenvalue weighted by Crippen LogP contribution is -2.51. The molecule has 5 nitrogen and oxygen atoms in total. The first-order valence-corrected chi connectivity index (χ1v) is 9.37. The summed E-state index contributed by atoms with van der Waals surface area (Å²) in [5.41, 5.74) is 1.32. The fourth-order valence-electron chi connectivity index (χ4n) is 4.33. The third-order valence-electron chi connectivity index (χ3n) is 5.78. The van der Waals surface area contributed by atoms with Crippen molar-refractivity contribution in [3.63, 3.8) is 0 Å². The highest BCUT2D eigenvalue weighted by Crippen LogP contribution is 2.21. The second kappa shape index (κ2) is 11.3. The van der Waals surface area contributed by atoms with Crippen molar-refractivity contribution in [1.29, 1.82) is 0 Å². The van der Waals surface area contributed by atoms with Gasteiger partial charge in [-0.05, 0) is 31.4 Å². The van der Waals surface area contributed by atoms with Crippen LogP contribution in [-0.4, -0.2) is 73.6 Å². The zero-order valence-electron chi connectivity index (χ0n) is 15.6. The van der Waals surface area contributed by atoms with Crippen molar-refractivity contribution in [2.24, 2.45) is 0 Å². The third kappa shape index (κ3) is 5.64. The number of piperazine rings is 1. The fraction of sp³-hybridized carbons (Fsp3) is 0.632. The number of hydrogen-bond acceptors (Lipinski definition) is 4. The van der Waals surface area contributed by atoms with E-state index in [9.17, 15) is 4.79 Å². The molecule has 8 heteroatoms. The van der Waals surface area contributed by atoms with Crippen LogP contribution in [0.5, 0.6) is 0 Å². The van der Waals surface area contributed by atoms with E-state index in [1.807, 2.05) is 4.90 Å². The zero-order chi connectivity index (χ0) is 16.4. The molecule has 0 spiro atoms. The standard InChI is InChI=1S/C19H28N4O.3ClH/c24-19(23-8-4-5-9-23)18-14-17(15-20-18)22-12-10-21(11-13-22)16-6-2-1-3-7-16;;;/h1-3,6-7,17-18,20H,4-5,8-15H2;3*1H/t17-,18-;;;/m0.../s1. The number of benzene rings is 1. The Labute approximate surface area is 181 Å². The van der Waals surface area contributed by atoms with Crippen molar-refractivity contribution >= 4 is 48.8 Å². The molecule has 0 bridgehead atoms. The molecule has 0 aromatic heterocycles. The van der Waals surface area contributed by atoms with Crippen molar-refractivity contribution < 1.29 is 4.79 Å². The number of nitrogens with zero attached hydrogens (tertiary/aromatic N) is 3. The Morgan fingerprint density at radius 2 is 1.52 bits per heavy atom. The van der Waals surface area contributed by atoms with Crippen LogP contribution in [0.1, 0.15) is 19.3 Å². The van der Waals surface area contributed by atoms with E-state index >= 15 is 0 Å². The predicted octanol–water partition coefficient (Wildman–Crippen LogP) is 2.43. The second-order valence-electron chi connectivity index (χ2n) is 7.24. The Balaban J connectivity index is 0.00000121. The van der Waals surface area contributed by atoms with Gasteiger partial charge in [0.25, 0.3) is 0 Å². The number of carbonyl (C=O) groups is 1. The van der Waals surface area contributed by atoms with E-state index in [0.29, 0.717) is 11.9 Å². The maximum Gasteiger partial charge on any atom is 0.239 e. The van der Waals surface area contributed by atoms with Gasteiger partial charge in [0.2, 0.25) is 5.91 Å². The molecule has 4 rings (SSSR count). The first-order chi connectivity index (χ1) is 11.8. The number of anilines is 1. The molecule has 3 aliphatic heterocycles. The van der Waals surface area contributed by atoms with Crippen LogP contribution >= 0.6 is 37.2 Å². The second-order valence-corrected chi connectivity index (χ2v) is 7.24. The molecule has 3 aliphatic rings. The largest absolute Gasteiger partial charge is 0.369 e. The third-order valence-corrected chi connectivity index (χ3v) is 5.78. The molecule has 1 N–H and O–H groups in total. The predicted molar refractivity (Wildman–Crippen MR) is 118 cm³/mol. The van der Waals surface area contributed by atoms with Crippen molar-refractivity contribution in [3.8, 4) is 0 Å². The molecule has 0 radical (unpaired) electrons. The van der Waals surface area contributed by atoms with Crippen LogP contribution in [0.15, 0.2) is 30.3 Å². The maximum atomic E-state index is 12.5. The van der Waals surface area contributed by atoms with E-state index in [1.54, 1.807) is 0 Å². The average Bonchev–Trinajstić information content (AvgIpc) is 3.34. The number of hydrogen-bond donors (Lipinski definition) is 1. The van der Waals surface area contributed by atoms with Crippen LogP contribution in [0.25, 0.3) is 0 Å². The molecule has 3 heterocycles. The lowest BCUT2D eigenvalue weighted by molar-refractivity contribution is -0.132. The molecular weight excluding hydrogens is 407 g/mol. The molecule has 1 amide bonds. The van der Waals surface area contributed by atoms with Crippen LogP contribution < -0.4 is 10.2 Å². The number of halogens is 3. The molecule has 2 atom stereocenters. The summed E-state index contributed by atoms with van der Waals surface area (Å²) in [6.07, 6.45) is 3.31. The van der Waals surface area contributed by atoms with E-state index in [2.05, 4.69) is 45.4 Å². The molecule has 154 valence electrons. The summed E-state index contributed by atoms with van der Waals surface area (Å²) < 4.78 is 0.